The summed E-state index contributed by atoms with van der Waals surface area (Å²) in [5.41, 5.74) is 2.51. The minimum atomic E-state index is 0.0659. The predicted molar refractivity (Wildman–Crippen MR) is 83.3 cm³/mol. The van der Waals surface area contributed by atoms with Gasteiger partial charge in [-0.15, -0.1) is 0 Å². The van der Waals surface area contributed by atoms with Gasteiger partial charge in [0.15, 0.2) is 0 Å². The monoisotopic (exact) mass is 277 g/mol. The van der Waals surface area contributed by atoms with Crippen LogP contribution in [-0.2, 0) is 16.7 Å². The van der Waals surface area contributed by atoms with E-state index < -0.39 is 0 Å². The normalized spacial score (nSPS) is 20.2. The number of nitrogens with zero attached hydrogens (tertiary/aromatic N) is 2. The van der Waals surface area contributed by atoms with E-state index in [1.165, 1.54) is 5.56 Å². The molecule has 1 saturated heterocycles. The van der Waals surface area contributed by atoms with Crippen LogP contribution in [0.1, 0.15) is 39.0 Å². The maximum absolute atomic E-state index is 5.62. The third kappa shape index (κ3) is 3.70. The SMILES string of the molecule is CNCc1cc(N2CCOC(C)C2)nc(C(C)(C)C)c1. The van der Waals surface area contributed by atoms with E-state index in [0.717, 1.165) is 37.8 Å². The standard InChI is InChI=1S/C16H27N3O/c1-12-11-19(6-7-20-12)15-9-13(10-17-5)8-14(18-15)16(2,3)4/h8-9,12,17H,6-7,10-11H2,1-5H3. The van der Waals surface area contributed by atoms with Gasteiger partial charge in [0.05, 0.1) is 12.7 Å². The molecule has 0 spiro atoms. The first-order valence-electron chi connectivity index (χ1n) is 7.43. The molecular formula is C16H27N3O. The van der Waals surface area contributed by atoms with Crippen molar-refractivity contribution in [1.82, 2.24) is 10.3 Å². The van der Waals surface area contributed by atoms with Gasteiger partial charge < -0.3 is 15.0 Å². The van der Waals surface area contributed by atoms with Crippen LogP contribution in [0.15, 0.2) is 12.1 Å². The van der Waals surface area contributed by atoms with Crippen LogP contribution in [0.2, 0.25) is 0 Å². The number of aromatic nitrogens is 1. The second kappa shape index (κ2) is 6.10. The molecule has 4 heteroatoms. The first kappa shape index (κ1) is 15.3. The van der Waals surface area contributed by atoms with Gasteiger partial charge in [-0.1, -0.05) is 20.8 Å². The lowest BCUT2D eigenvalue weighted by atomic mass is 9.90. The fourth-order valence-electron chi connectivity index (χ4n) is 2.45. The van der Waals surface area contributed by atoms with Crippen molar-refractivity contribution in [2.24, 2.45) is 0 Å². The molecule has 0 radical (unpaired) electrons. The molecule has 20 heavy (non-hydrogen) atoms. The predicted octanol–water partition coefficient (Wildman–Crippen LogP) is 2.32. The highest BCUT2D eigenvalue weighted by atomic mass is 16.5. The zero-order valence-corrected chi connectivity index (χ0v) is 13.4. The van der Waals surface area contributed by atoms with E-state index in [2.05, 4.69) is 50.0 Å². The van der Waals surface area contributed by atoms with Gasteiger partial charge in [0.1, 0.15) is 5.82 Å². The Morgan fingerprint density at radius 3 is 2.75 bits per heavy atom. The number of anilines is 1. The van der Waals surface area contributed by atoms with Crippen LogP contribution in [0, 0.1) is 0 Å². The summed E-state index contributed by atoms with van der Waals surface area (Å²) in [4.78, 5) is 7.22. The average Bonchev–Trinajstić information content (AvgIpc) is 2.38. The number of rotatable bonds is 3. The van der Waals surface area contributed by atoms with Gasteiger partial charge in [-0.25, -0.2) is 4.98 Å². The van der Waals surface area contributed by atoms with Crippen LogP contribution >= 0.6 is 0 Å². The summed E-state index contributed by atoms with van der Waals surface area (Å²) in [5.74, 6) is 1.08. The smallest absolute Gasteiger partial charge is 0.129 e. The van der Waals surface area contributed by atoms with E-state index >= 15 is 0 Å². The Hall–Kier alpha value is -1.13. The van der Waals surface area contributed by atoms with Crippen molar-refractivity contribution in [3.8, 4) is 0 Å². The zero-order chi connectivity index (χ0) is 14.8. The fourth-order valence-corrected chi connectivity index (χ4v) is 2.45. The molecule has 1 atom stereocenters. The molecule has 0 aromatic carbocycles. The van der Waals surface area contributed by atoms with Crippen LogP contribution < -0.4 is 10.2 Å². The summed E-state index contributed by atoms with van der Waals surface area (Å²) >= 11 is 0. The van der Waals surface area contributed by atoms with E-state index in [-0.39, 0.29) is 11.5 Å². The van der Waals surface area contributed by atoms with Crippen molar-refractivity contribution < 1.29 is 4.74 Å². The van der Waals surface area contributed by atoms with Crippen molar-refractivity contribution in [1.29, 1.82) is 0 Å². The molecule has 0 bridgehead atoms. The van der Waals surface area contributed by atoms with E-state index in [0.29, 0.717) is 0 Å². The molecule has 1 aromatic rings. The Morgan fingerprint density at radius 2 is 2.15 bits per heavy atom. The summed E-state index contributed by atoms with van der Waals surface area (Å²) in [5, 5.41) is 3.23. The molecule has 1 aliphatic rings. The van der Waals surface area contributed by atoms with Crippen LogP contribution in [0.4, 0.5) is 5.82 Å². The number of ether oxygens (including phenoxy) is 1. The molecular weight excluding hydrogens is 250 g/mol. The Morgan fingerprint density at radius 1 is 1.40 bits per heavy atom. The highest BCUT2D eigenvalue weighted by Crippen LogP contribution is 2.25. The van der Waals surface area contributed by atoms with Gasteiger partial charge in [-0.05, 0) is 31.7 Å². The summed E-state index contributed by atoms with van der Waals surface area (Å²) < 4.78 is 5.62. The second-order valence-electron chi connectivity index (χ2n) is 6.63. The average molecular weight is 277 g/mol. The van der Waals surface area contributed by atoms with E-state index in [4.69, 9.17) is 9.72 Å². The summed E-state index contributed by atoms with van der Waals surface area (Å²) in [6.07, 6.45) is 0.275. The van der Waals surface area contributed by atoms with Crippen LogP contribution in [0.3, 0.4) is 0 Å². The first-order valence-corrected chi connectivity index (χ1v) is 7.43. The quantitative estimate of drug-likeness (QED) is 0.920. The maximum Gasteiger partial charge on any atom is 0.129 e. The summed E-state index contributed by atoms with van der Waals surface area (Å²) in [6.45, 7) is 12.2. The maximum atomic E-state index is 5.62. The van der Waals surface area contributed by atoms with E-state index in [1.807, 2.05) is 7.05 Å². The highest BCUT2D eigenvalue weighted by molar-refractivity contribution is 5.44. The molecule has 1 aliphatic heterocycles. The van der Waals surface area contributed by atoms with Gasteiger partial charge in [-0.3, -0.25) is 0 Å². The number of morpholine rings is 1. The van der Waals surface area contributed by atoms with Gasteiger partial charge in [0.2, 0.25) is 0 Å². The lowest BCUT2D eigenvalue weighted by Gasteiger charge is -2.33. The molecule has 0 aliphatic carbocycles. The molecule has 0 amide bonds. The van der Waals surface area contributed by atoms with E-state index in [9.17, 15) is 0 Å². The van der Waals surface area contributed by atoms with Gasteiger partial charge >= 0.3 is 0 Å². The Balaban J connectivity index is 2.33. The third-order valence-electron chi connectivity index (χ3n) is 3.59. The van der Waals surface area contributed by atoms with Crippen molar-refractivity contribution in [3.63, 3.8) is 0 Å². The van der Waals surface area contributed by atoms with Crippen LogP contribution in [0.5, 0.6) is 0 Å². The van der Waals surface area contributed by atoms with Crippen molar-refractivity contribution in [2.75, 3.05) is 31.6 Å². The number of pyridine rings is 1. The number of hydrogen-bond donors (Lipinski definition) is 1. The third-order valence-corrected chi connectivity index (χ3v) is 3.59. The minimum absolute atomic E-state index is 0.0659. The topological polar surface area (TPSA) is 37.4 Å². The number of nitrogens with one attached hydrogen (secondary N) is 1. The molecule has 2 heterocycles. The van der Waals surface area contributed by atoms with Crippen molar-refractivity contribution >= 4 is 5.82 Å². The van der Waals surface area contributed by atoms with Crippen molar-refractivity contribution in [2.45, 2.75) is 45.8 Å². The molecule has 2 rings (SSSR count). The van der Waals surface area contributed by atoms with Crippen molar-refractivity contribution in [3.05, 3.63) is 23.4 Å². The van der Waals surface area contributed by atoms with E-state index in [1.54, 1.807) is 0 Å². The minimum Gasteiger partial charge on any atom is -0.375 e. The first-order chi connectivity index (χ1) is 9.40. The Kier molecular flexibility index (Phi) is 4.66. The second-order valence-corrected chi connectivity index (χ2v) is 6.63. The molecule has 1 fully saturated rings. The molecule has 1 unspecified atom stereocenters. The highest BCUT2D eigenvalue weighted by Gasteiger charge is 2.22. The van der Waals surface area contributed by atoms with Crippen LogP contribution in [0.25, 0.3) is 0 Å². The fraction of sp³-hybridized carbons (Fsp3) is 0.688. The number of hydrogen-bond acceptors (Lipinski definition) is 4. The summed E-state index contributed by atoms with van der Waals surface area (Å²) in [6, 6.07) is 4.41. The molecule has 0 saturated carbocycles. The van der Waals surface area contributed by atoms with Gasteiger partial charge in [0, 0.05) is 30.7 Å². The van der Waals surface area contributed by atoms with Gasteiger partial charge in [-0.2, -0.15) is 0 Å². The Bertz CT molecular complexity index is 454. The molecule has 4 nitrogen and oxygen atoms in total. The van der Waals surface area contributed by atoms with Crippen LogP contribution in [-0.4, -0.2) is 37.8 Å². The zero-order valence-electron chi connectivity index (χ0n) is 13.4. The lowest BCUT2D eigenvalue weighted by molar-refractivity contribution is 0.0529. The Labute approximate surface area is 122 Å². The molecule has 112 valence electrons. The van der Waals surface area contributed by atoms with Gasteiger partial charge in [0.25, 0.3) is 0 Å². The molecule has 1 aromatic heterocycles. The lowest BCUT2D eigenvalue weighted by Crippen LogP contribution is -2.41. The summed E-state index contributed by atoms with van der Waals surface area (Å²) in [7, 11) is 1.98. The molecule has 1 N–H and O–H groups in total. The largest absolute Gasteiger partial charge is 0.375 e.